The Bertz CT molecular complexity index is 593. The number of aliphatic hydroxyl groups is 1. The SMILES string of the molecule is COc1ccc(COc2cccc([C@H](C)O)c2)cc1OC. The van der Waals surface area contributed by atoms with Gasteiger partial charge in [0.05, 0.1) is 20.3 Å². The average molecular weight is 288 g/mol. The van der Waals surface area contributed by atoms with Crippen LogP contribution in [-0.2, 0) is 6.61 Å². The first kappa shape index (κ1) is 15.2. The van der Waals surface area contributed by atoms with Crippen molar-refractivity contribution >= 4 is 0 Å². The zero-order valence-corrected chi connectivity index (χ0v) is 12.5. The van der Waals surface area contributed by atoms with Crippen LogP contribution in [0.3, 0.4) is 0 Å². The molecule has 2 rings (SSSR count). The number of rotatable bonds is 6. The van der Waals surface area contributed by atoms with Crippen molar-refractivity contribution in [2.24, 2.45) is 0 Å². The largest absolute Gasteiger partial charge is 0.493 e. The summed E-state index contributed by atoms with van der Waals surface area (Å²) in [6.45, 7) is 2.15. The van der Waals surface area contributed by atoms with E-state index < -0.39 is 6.10 Å². The Labute approximate surface area is 124 Å². The molecule has 0 unspecified atom stereocenters. The van der Waals surface area contributed by atoms with Crippen LogP contribution in [0.25, 0.3) is 0 Å². The van der Waals surface area contributed by atoms with Gasteiger partial charge in [-0.15, -0.1) is 0 Å². The van der Waals surface area contributed by atoms with E-state index in [2.05, 4.69) is 0 Å². The van der Waals surface area contributed by atoms with Crippen LogP contribution in [0, 0.1) is 0 Å². The van der Waals surface area contributed by atoms with Gasteiger partial charge in [0.25, 0.3) is 0 Å². The topological polar surface area (TPSA) is 47.9 Å². The van der Waals surface area contributed by atoms with Crippen molar-refractivity contribution in [3.63, 3.8) is 0 Å². The molecule has 0 bridgehead atoms. The first-order valence-electron chi connectivity index (χ1n) is 6.75. The Kier molecular flexibility index (Phi) is 5.06. The molecule has 0 heterocycles. The molecular formula is C17H20O4. The van der Waals surface area contributed by atoms with E-state index in [-0.39, 0.29) is 0 Å². The molecule has 0 aliphatic carbocycles. The van der Waals surface area contributed by atoms with Crippen molar-refractivity contribution in [3.8, 4) is 17.2 Å². The van der Waals surface area contributed by atoms with Gasteiger partial charge in [-0.05, 0) is 42.3 Å². The van der Waals surface area contributed by atoms with Crippen LogP contribution in [0.5, 0.6) is 17.2 Å². The molecule has 0 fully saturated rings. The van der Waals surface area contributed by atoms with Crippen molar-refractivity contribution < 1.29 is 19.3 Å². The van der Waals surface area contributed by atoms with Gasteiger partial charge < -0.3 is 19.3 Å². The molecule has 4 nitrogen and oxygen atoms in total. The maximum Gasteiger partial charge on any atom is 0.161 e. The monoisotopic (exact) mass is 288 g/mol. The molecule has 0 spiro atoms. The summed E-state index contributed by atoms with van der Waals surface area (Å²) in [5, 5.41) is 9.57. The number of hydrogen-bond acceptors (Lipinski definition) is 4. The maximum absolute atomic E-state index is 9.57. The Morgan fingerprint density at radius 2 is 1.76 bits per heavy atom. The zero-order chi connectivity index (χ0) is 15.2. The first-order chi connectivity index (χ1) is 10.1. The highest BCUT2D eigenvalue weighted by Crippen LogP contribution is 2.28. The molecule has 2 aromatic rings. The molecule has 0 amide bonds. The highest BCUT2D eigenvalue weighted by Gasteiger charge is 2.06. The lowest BCUT2D eigenvalue weighted by atomic mass is 10.1. The minimum Gasteiger partial charge on any atom is -0.493 e. The zero-order valence-electron chi connectivity index (χ0n) is 12.5. The van der Waals surface area contributed by atoms with Crippen molar-refractivity contribution in [1.29, 1.82) is 0 Å². The molecular weight excluding hydrogens is 268 g/mol. The van der Waals surface area contributed by atoms with Gasteiger partial charge in [0.1, 0.15) is 12.4 Å². The molecule has 21 heavy (non-hydrogen) atoms. The standard InChI is InChI=1S/C17H20O4/c1-12(18)14-5-4-6-15(10-14)21-11-13-7-8-16(19-2)17(9-13)20-3/h4-10,12,18H,11H2,1-3H3/t12-/m0/s1. The average Bonchev–Trinajstić information content (AvgIpc) is 2.52. The number of hydrogen-bond donors (Lipinski definition) is 1. The fraction of sp³-hybridized carbons (Fsp3) is 0.294. The molecule has 0 aliphatic heterocycles. The predicted molar refractivity (Wildman–Crippen MR) is 81.0 cm³/mol. The summed E-state index contributed by atoms with van der Waals surface area (Å²) in [5.41, 5.74) is 1.81. The molecule has 1 N–H and O–H groups in total. The highest BCUT2D eigenvalue weighted by molar-refractivity contribution is 5.42. The molecule has 4 heteroatoms. The normalized spacial score (nSPS) is 11.8. The lowest BCUT2D eigenvalue weighted by Gasteiger charge is -2.12. The maximum atomic E-state index is 9.57. The van der Waals surface area contributed by atoms with Gasteiger partial charge in [-0.1, -0.05) is 18.2 Å². The van der Waals surface area contributed by atoms with Gasteiger partial charge in [-0.25, -0.2) is 0 Å². The van der Waals surface area contributed by atoms with E-state index in [1.54, 1.807) is 21.1 Å². The van der Waals surface area contributed by atoms with Crippen LogP contribution in [-0.4, -0.2) is 19.3 Å². The third-order valence-corrected chi connectivity index (χ3v) is 3.19. The summed E-state index contributed by atoms with van der Waals surface area (Å²) in [5.74, 6) is 2.09. The molecule has 112 valence electrons. The molecule has 2 aromatic carbocycles. The Morgan fingerprint density at radius 1 is 1.00 bits per heavy atom. The quantitative estimate of drug-likeness (QED) is 0.885. The molecule has 0 aromatic heterocycles. The molecule has 0 saturated heterocycles. The van der Waals surface area contributed by atoms with E-state index in [1.807, 2.05) is 42.5 Å². The smallest absolute Gasteiger partial charge is 0.161 e. The third-order valence-electron chi connectivity index (χ3n) is 3.19. The van der Waals surface area contributed by atoms with Crippen LogP contribution in [0.15, 0.2) is 42.5 Å². The van der Waals surface area contributed by atoms with E-state index in [9.17, 15) is 5.11 Å². The summed E-state index contributed by atoms with van der Waals surface area (Å²) in [7, 11) is 3.21. The molecule has 1 atom stereocenters. The first-order valence-corrected chi connectivity index (χ1v) is 6.75. The fourth-order valence-corrected chi connectivity index (χ4v) is 2.00. The van der Waals surface area contributed by atoms with Gasteiger partial charge in [0, 0.05) is 0 Å². The summed E-state index contributed by atoms with van der Waals surface area (Å²) < 4.78 is 16.2. The lowest BCUT2D eigenvalue weighted by Crippen LogP contribution is -1.98. The minimum atomic E-state index is -0.505. The number of ether oxygens (including phenoxy) is 3. The van der Waals surface area contributed by atoms with Crippen LogP contribution in [0.1, 0.15) is 24.2 Å². The number of methoxy groups -OCH3 is 2. The lowest BCUT2D eigenvalue weighted by molar-refractivity contribution is 0.198. The number of aliphatic hydroxyl groups excluding tert-OH is 1. The van der Waals surface area contributed by atoms with E-state index in [4.69, 9.17) is 14.2 Å². The molecule has 0 aliphatic rings. The third kappa shape index (κ3) is 3.89. The fourth-order valence-electron chi connectivity index (χ4n) is 2.00. The van der Waals surface area contributed by atoms with Crippen LogP contribution in [0.2, 0.25) is 0 Å². The van der Waals surface area contributed by atoms with E-state index >= 15 is 0 Å². The van der Waals surface area contributed by atoms with Gasteiger partial charge in [-0.2, -0.15) is 0 Å². The predicted octanol–water partition coefficient (Wildman–Crippen LogP) is 3.34. The molecule has 0 radical (unpaired) electrons. The summed E-state index contributed by atoms with van der Waals surface area (Å²) >= 11 is 0. The summed E-state index contributed by atoms with van der Waals surface area (Å²) in [4.78, 5) is 0. The van der Waals surface area contributed by atoms with E-state index in [0.717, 1.165) is 16.9 Å². The second-order valence-corrected chi connectivity index (χ2v) is 4.73. The van der Waals surface area contributed by atoms with Gasteiger partial charge >= 0.3 is 0 Å². The van der Waals surface area contributed by atoms with Gasteiger partial charge in [0.2, 0.25) is 0 Å². The van der Waals surface area contributed by atoms with Crippen LogP contribution in [0.4, 0.5) is 0 Å². The second kappa shape index (κ2) is 6.99. The summed E-state index contributed by atoms with van der Waals surface area (Å²) in [6.07, 6.45) is -0.505. The van der Waals surface area contributed by atoms with Crippen molar-refractivity contribution in [1.82, 2.24) is 0 Å². The van der Waals surface area contributed by atoms with Crippen LogP contribution >= 0.6 is 0 Å². The van der Waals surface area contributed by atoms with E-state index in [1.165, 1.54) is 0 Å². The minimum absolute atomic E-state index is 0.420. The van der Waals surface area contributed by atoms with Gasteiger partial charge in [0.15, 0.2) is 11.5 Å². The highest BCUT2D eigenvalue weighted by atomic mass is 16.5. The van der Waals surface area contributed by atoms with Crippen molar-refractivity contribution in [3.05, 3.63) is 53.6 Å². The summed E-state index contributed by atoms with van der Waals surface area (Å²) in [6, 6.07) is 13.1. The van der Waals surface area contributed by atoms with Crippen molar-refractivity contribution in [2.45, 2.75) is 19.6 Å². The van der Waals surface area contributed by atoms with E-state index in [0.29, 0.717) is 18.1 Å². The molecule has 0 saturated carbocycles. The Hall–Kier alpha value is -2.20. The Morgan fingerprint density at radius 3 is 2.43 bits per heavy atom. The Balaban J connectivity index is 2.07. The van der Waals surface area contributed by atoms with Gasteiger partial charge in [-0.3, -0.25) is 0 Å². The van der Waals surface area contributed by atoms with Crippen LogP contribution < -0.4 is 14.2 Å². The second-order valence-electron chi connectivity index (χ2n) is 4.73. The van der Waals surface area contributed by atoms with Crippen molar-refractivity contribution in [2.75, 3.05) is 14.2 Å². The number of benzene rings is 2.